The van der Waals surface area contributed by atoms with Crippen molar-refractivity contribution in [3.8, 4) is 11.5 Å². The monoisotopic (exact) mass is 549 g/mol. The number of hydrogen-bond acceptors (Lipinski definition) is 6. The molecule has 1 aromatic heterocycles. The summed E-state index contributed by atoms with van der Waals surface area (Å²) in [5.74, 6) is 0.167. The highest BCUT2D eigenvalue weighted by molar-refractivity contribution is 7.91. The van der Waals surface area contributed by atoms with E-state index in [2.05, 4.69) is 67.2 Å². The van der Waals surface area contributed by atoms with E-state index in [1.54, 1.807) is 0 Å². The number of halogens is 1. The van der Waals surface area contributed by atoms with Crippen molar-refractivity contribution in [1.29, 1.82) is 0 Å². The molecule has 0 bridgehead atoms. The standard InChI is InChI=1S/C31H36FN3O3S/c1-6-35(7-2)28(24-14-12-23(13-15-24)21(3)4)20-33-30-31(39(36,37)27-18-16-26(32)17-19-27)34-29(38-30)25-10-8-22(5)9-11-25/h8-19,21,28,33H,6-7,20H2,1-5H3. The molecule has 39 heavy (non-hydrogen) atoms. The number of hydrogen-bond donors (Lipinski definition) is 1. The number of aromatic nitrogens is 1. The van der Waals surface area contributed by atoms with Crippen LogP contribution in [0.15, 0.2) is 87.1 Å². The van der Waals surface area contributed by atoms with Gasteiger partial charge in [-0.3, -0.25) is 4.90 Å². The third-order valence-electron chi connectivity index (χ3n) is 6.97. The molecule has 0 fully saturated rings. The first-order valence-electron chi connectivity index (χ1n) is 13.3. The molecule has 6 nitrogen and oxygen atoms in total. The Kier molecular flexibility index (Phi) is 8.87. The van der Waals surface area contributed by atoms with Gasteiger partial charge in [-0.2, -0.15) is 4.98 Å². The molecular weight excluding hydrogens is 513 g/mol. The van der Waals surface area contributed by atoms with Crippen LogP contribution in [-0.4, -0.2) is 37.9 Å². The Balaban J connectivity index is 1.73. The molecule has 0 aliphatic carbocycles. The second-order valence-electron chi connectivity index (χ2n) is 9.92. The van der Waals surface area contributed by atoms with Crippen molar-refractivity contribution in [1.82, 2.24) is 9.88 Å². The summed E-state index contributed by atoms with van der Waals surface area (Å²) in [6.45, 7) is 12.5. The molecule has 1 unspecified atom stereocenters. The van der Waals surface area contributed by atoms with Crippen LogP contribution in [0.3, 0.4) is 0 Å². The number of benzene rings is 3. The second-order valence-corrected chi connectivity index (χ2v) is 11.8. The van der Waals surface area contributed by atoms with Crippen LogP contribution in [0, 0.1) is 12.7 Å². The number of oxazole rings is 1. The molecule has 206 valence electrons. The van der Waals surface area contributed by atoms with Crippen LogP contribution in [0.25, 0.3) is 11.5 Å². The van der Waals surface area contributed by atoms with Gasteiger partial charge in [0.2, 0.25) is 26.6 Å². The molecule has 0 aliphatic heterocycles. The van der Waals surface area contributed by atoms with E-state index in [1.807, 2.05) is 31.2 Å². The molecule has 8 heteroatoms. The molecule has 0 spiro atoms. The lowest BCUT2D eigenvalue weighted by Crippen LogP contribution is -2.33. The van der Waals surface area contributed by atoms with Crippen molar-refractivity contribution in [3.63, 3.8) is 0 Å². The van der Waals surface area contributed by atoms with E-state index in [0.29, 0.717) is 18.0 Å². The molecule has 4 rings (SSSR count). The molecule has 3 aromatic carbocycles. The maximum Gasteiger partial charge on any atom is 0.233 e. The van der Waals surface area contributed by atoms with Gasteiger partial charge in [-0.15, -0.1) is 0 Å². The lowest BCUT2D eigenvalue weighted by molar-refractivity contribution is 0.227. The minimum Gasteiger partial charge on any atom is -0.419 e. The summed E-state index contributed by atoms with van der Waals surface area (Å²) in [5, 5.41) is 3.04. The molecule has 1 N–H and O–H groups in total. The van der Waals surface area contributed by atoms with Gasteiger partial charge in [0.1, 0.15) is 5.82 Å². The molecule has 0 amide bonds. The Morgan fingerprint density at radius 1 is 0.897 bits per heavy atom. The van der Waals surface area contributed by atoms with E-state index in [-0.39, 0.29) is 27.7 Å². The maximum atomic E-state index is 13.6. The normalized spacial score (nSPS) is 12.7. The molecule has 1 heterocycles. The van der Waals surface area contributed by atoms with Crippen molar-refractivity contribution in [2.45, 2.75) is 56.5 Å². The maximum absolute atomic E-state index is 13.6. The third-order valence-corrected chi connectivity index (χ3v) is 8.65. The molecule has 0 aliphatic rings. The van der Waals surface area contributed by atoms with Gasteiger partial charge in [0.05, 0.1) is 10.9 Å². The summed E-state index contributed by atoms with van der Waals surface area (Å²) in [4.78, 5) is 6.68. The van der Waals surface area contributed by atoms with Crippen LogP contribution in [0.2, 0.25) is 0 Å². The number of nitrogens with zero attached hydrogens (tertiary/aromatic N) is 2. The van der Waals surface area contributed by atoms with Gasteiger partial charge in [-0.05, 0) is 73.5 Å². The molecule has 0 saturated heterocycles. The Hall–Kier alpha value is -3.49. The molecule has 0 radical (unpaired) electrons. The zero-order valence-electron chi connectivity index (χ0n) is 23.1. The zero-order chi connectivity index (χ0) is 28.2. The SMILES string of the molecule is CCN(CC)C(CNc1oc(-c2ccc(C)cc2)nc1S(=O)(=O)c1ccc(F)cc1)c1ccc(C(C)C)cc1. The van der Waals surface area contributed by atoms with Crippen LogP contribution in [0.4, 0.5) is 10.3 Å². The highest BCUT2D eigenvalue weighted by Gasteiger charge is 2.30. The quantitative estimate of drug-likeness (QED) is 0.199. The lowest BCUT2D eigenvalue weighted by atomic mass is 9.98. The summed E-state index contributed by atoms with van der Waals surface area (Å²) in [6.07, 6.45) is 0. The summed E-state index contributed by atoms with van der Waals surface area (Å²) in [7, 11) is -4.09. The average Bonchev–Trinajstić information content (AvgIpc) is 3.37. The fourth-order valence-electron chi connectivity index (χ4n) is 4.56. The Morgan fingerprint density at radius 2 is 1.49 bits per heavy atom. The molecular formula is C31H36FN3O3S. The van der Waals surface area contributed by atoms with Gasteiger partial charge in [0.25, 0.3) is 0 Å². The van der Waals surface area contributed by atoms with Crippen molar-refractivity contribution in [2.24, 2.45) is 0 Å². The van der Waals surface area contributed by atoms with Gasteiger partial charge >= 0.3 is 0 Å². The predicted molar refractivity (Wildman–Crippen MR) is 153 cm³/mol. The minimum absolute atomic E-state index is 0.0319. The van der Waals surface area contributed by atoms with Crippen molar-refractivity contribution < 1.29 is 17.2 Å². The first kappa shape index (κ1) is 28.5. The molecule has 0 saturated carbocycles. The number of aryl methyl sites for hydroxylation is 1. The fraction of sp³-hybridized carbons (Fsp3) is 0.323. The van der Waals surface area contributed by atoms with Crippen LogP contribution < -0.4 is 5.32 Å². The number of sulfone groups is 1. The number of likely N-dealkylation sites (N-methyl/N-ethyl adjacent to an activating group) is 1. The summed E-state index contributed by atoms with van der Waals surface area (Å²) in [6, 6.07) is 20.8. The van der Waals surface area contributed by atoms with Crippen LogP contribution >= 0.6 is 0 Å². The molecule has 4 aromatic rings. The number of rotatable bonds is 11. The van der Waals surface area contributed by atoms with Gasteiger partial charge in [-0.25, -0.2) is 12.8 Å². The van der Waals surface area contributed by atoms with Crippen molar-refractivity contribution in [3.05, 3.63) is 95.3 Å². The Labute approximate surface area is 230 Å². The second kappa shape index (κ2) is 12.1. The van der Waals surface area contributed by atoms with E-state index in [4.69, 9.17) is 4.42 Å². The van der Waals surface area contributed by atoms with Gasteiger partial charge in [0, 0.05) is 12.1 Å². The topological polar surface area (TPSA) is 75.4 Å². The summed E-state index contributed by atoms with van der Waals surface area (Å²) in [5.41, 5.74) is 4.11. The van der Waals surface area contributed by atoms with Crippen LogP contribution in [-0.2, 0) is 9.84 Å². The van der Waals surface area contributed by atoms with Crippen LogP contribution in [0.1, 0.15) is 56.3 Å². The van der Waals surface area contributed by atoms with Gasteiger partial charge < -0.3 is 9.73 Å². The van der Waals surface area contributed by atoms with Crippen molar-refractivity contribution in [2.75, 3.05) is 25.0 Å². The highest BCUT2D eigenvalue weighted by Crippen LogP contribution is 2.34. The minimum atomic E-state index is -4.09. The van der Waals surface area contributed by atoms with Crippen molar-refractivity contribution >= 4 is 15.7 Å². The van der Waals surface area contributed by atoms with Gasteiger partial charge in [-0.1, -0.05) is 69.7 Å². The summed E-state index contributed by atoms with van der Waals surface area (Å²) < 4.78 is 46.9. The Bertz CT molecular complexity index is 1480. The fourth-order valence-corrected chi connectivity index (χ4v) is 5.84. The highest BCUT2D eigenvalue weighted by atomic mass is 32.2. The van der Waals surface area contributed by atoms with Gasteiger partial charge in [0.15, 0.2) is 0 Å². The summed E-state index contributed by atoms with van der Waals surface area (Å²) >= 11 is 0. The van der Waals surface area contributed by atoms with E-state index in [1.165, 1.54) is 17.7 Å². The largest absolute Gasteiger partial charge is 0.419 e. The third kappa shape index (κ3) is 6.40. The first-order valence-corrected chi connectivity index (χ1v) is 14.8. The number of anilines is 1. The van der Waals surface area contributed by atoms with Crippen LogP contribution in [0.5, 0.6) is 0 Å². The average molecular weight is 550 g/mol. The van der Waals surface area contributed by atoms with E-state index < -0.39 is 15.7 Å². The Morgan fingerprint density at radius 3 is 2.05 bits per heavy atom. The predicted octanol–water partition coefficient (Wildman–Crippen LogP) is 7.24. The smallest absolute Gasteiger partial charge is 0.233 e. The number of nitrogens with one attached hydrogen (secondary N) is 1. The lowest BCUT2D eigenvalue weighted by Gasteiger charge is -2.30. The van der Waals surface area contributed by atoms with E-state index in [9.17, 15) is 12.8 Å². The first-order chi connectivity index (χ1) is 18.6. The zero-order valence-corrected chi connectivity index (χ0v) is 23.9. The molecule has 1 atom stereocenters. The van der Waals surface area contributed by atoms with E-state index in [0.717, 1.165) is 36.3 Å². The van der Waals surface area contributed by atoms with E-state index >= 15 is 0 Å².